The van der Waals surface area contributed by atoms with E-state index in [4.69, 9.17) is 0 Å². The number of rotatable bonds is 1. The Balaban J connectivity index is 1.79. The number of alkyl halides is 3. The maximum atomic E-state index is 14.2. The maximum Gasteiger partial charge on any atom is 0.416 e. The second kappa shape index (κ2) is 5.36. The molecule has 0 aromatic heterocycles. The molecule has 2 aromatic carbocycles. The number of benzene rings is 2. The molecule has 1 heterocycles. The zero-order chi connectivity index (χ0) is 16.9. The molecule has 0 saturated carbocycles. The lowest BCUT2D eigenvalue weighted by Gasteiger charge is -2.38. The van der Waals surface area contributed by atoms with Crippen molar-refractivity contribution in [2.75, 3.05) is 5.32 Å². The Kier molecular flexibility index (Phi) is 3.41. The molecule has 1 nitrogen and oxygen atoms in total. The normalized spacial score (nSPS) is 25.1. The molecule has 0 amide bonds. The van der Waals surface area contributed by atoms with E-state index in [0.29, 0.717) is 23.2 Å². The van der Waals surface area contributed by atoms with Gasteiger partial charge in [0.15, 0.2) is 0 Å². The minimum atomic E-state index is -4.37. The third-order valence-electron chi connectivity index (χ3n) is 4.93. The van der Waals surface area contributed by atoms with Crippen LogP contribution in [0.1, 0.15) is 35.1 Å². The first kappa shape index (κ1) is 15.2. The molecule has 2 aliphatic rings. The number of hydrogen-bond donors (Lipinski definition) is 1. The van der Waals surface area contributed by atoms with Gasteiger partial charge in [-0.25, -0.2) is 4.39 Å². The average molecular weight is 333 g/mol. The second-order valence-corrected chi connectivity index (χ2v) is 6.30. The van der Waals surface area contributed by atoms with Crippen LogP contribution in [0.3, 0.4) is 0 Å². The van der Waals surface area contributed by atoms with Gasteiger partial charge >= 0.3 is 6.18 Å². The molecule has 0 bridgehead atoms. The number of anilines is 1. The highest BCUT2D eigenvalue weighted by atomic mass is 19.4. The molecule has 24 heavy (non-hydrogen) atoms. The topological polar surface area (TPSA) is 12.0 Å². The summed E-state index contributed by atoms with van der Waals surface area (Å²) in [5, 5.41) is 3.26. The minimum absolute atomic E-state index is 0.0119. The third-order valence-corrected chi connectivity index (χ3v) is 4.93. The van der Waals surface area contributed by atoms with Crippen LogP contribution in [0.2, 0.25) is 0 Å². The Labute approximate surface area is 137 Å². The standard InChI is InChI=1S/C19H15F4N/c20-16-7-2-1-4-14(16)18-13-6-3-5-12(13)15-10-11(19(21,22)23)8-9-17(15)24-18/h1-5,7-10,12-13,18,24H,6H2/t12-,13-,18+/m0/s1. The lowest BCUT2D eigenvalue weighted by atomic mass is 9.76. The molecule has 1 aliphatic carbocycles. The first-order valence-electron chi connectivity index (χ1n) is 7.84. The van der Waals surface area contributed by atoms with Gasteiger partial charge in [0.1, 0.15) is 5.82 Å². The molecule has 0 unspecified atom stereocenters. The molecular weight excluding hydrogens is 318 g/mol. The van der Waals surface area contributed by atoms with E-state index in [1.54, 1.807) is 18.2 Å². The van der Waals surface area contributed by atoms with Gasteiger partial charge in [0, 0.05) is 17.2 Å². The lowest BCUT2D eigenvalue weighted by molar-refractivity contribution is -0.137. The highest BCUT2D eigenvalue weighted by Gasteiger charge is 2.40. The number of nitrogens with one attached hydrogen (secondary N) is 1. The molecule has 5 heteroatoms. The van der Waals surface area contributed by atoms with Crippen molar-refractivity contribution in [2.24, 2.45) is 5.92 Å². The van der Waals surface area contributed by atoms with Gasteiger partial charge in [0.05, 0.1) is 11.6 Å². The van der Waals surface area contributed by atoms with Crippen molar-refractivity contribution in [1.82, 2.24) is 0 Å². The van der Waals surface area contributed by atoms with Gasteiger partial charge < -0.3 is 5.32 Å². The van der Waals surface area contributed by atoms with Crippen molar-refractivity contribution in [2.45, 2.75) is 24.6 Å². The molecule has 0 fully saturated rings. The van der Waals surface area contributed by atoms with Gasteiger partial charge in [0.25, 0.3) is 0 Å². The molecule has 4 rings (SSSR count). The van der Waals surface area contributed by atoms with Gasteiger partial charge in [-0.05, 0) is 42.2 Å². The number of halogens is 4. The summed E-state index contributed by atoms with van der Waals surface area (Å²) >= 11 is 0. The molecule has 1 N–H and O–H groups in total. The smallest absolute Gasteiger partial charge is 0.378 e. The lowest BCUT2D eigenvalue weighted by Crippen LogP contribution is -2.30. The van der Waals surface area contributed by atoms with Crippen LogP contribution < -0.4 is 5.32 Å². The van der Waals surface area contributed by atoms with Crippen molar-refractivity contribution in [3.8, 4) is 0 Å². The highest BCUT2D eigenvalue weighted by Crippen LogP contribution is 2.51. The van der Waals surface area contributed by atoms with Crippen LogP contribution in [0.4, 0.5) is 23.2 Å². The number of allylic oxidation sites excluding steroid dienone is 2. The van der Waals surface area contributed by atoms with Gasteiger partial charge in [0.2, 0.25) is 0 Å². The SMILES string of the molecule is Fc1ccccc1[C@@H]1Nc2ccc(C(F)(F)F)cc2[C@H]2C=CC[C@@H]21. The van der Waals surface area contributed by atoms with E-state index < -0.39 is 11.7 Å². The van der Waals surface area contributed by atoms with Crippen LogP contribution in [0.5, 0.6) is 0 Å². The summed E-state index contributed by atoms with van der Waals surface area (Å²) < 4.78 is 53.2. The van der Waals surface area contributed by atoms with E-state index in [2.05, 4.69) is 5.32 Å². The Hall–Kier alpha value is -2.30. The summed E-state index contributed by atoms with van der Waals surface area (Å²) in [5.74, 6) is -0.415. The quantitative estimate of drug-likeness (QED) is 0.524. The second-order valence-electron chi connectivity index (χ2n) is 6.30. The van der Waals surface area contributed by atoms with Crippen molar-refractivity contribution >= 4 is 5.69 Å². The molecular formula is C19H15F4N. The predicted octanol–water partition coefficient (Wildman–Crippen LogP) is 5.67. The summed E-state index contributed by atoms with van der Waals surface area (Å²) in [7, 11) is 0. The van der Waals surface area contributed by atoms with Crippen LogP contribution in [0, 0.1) is 11.7 Å². The van der Waals surface area contributed by atoms with Crippen molar-refractivity contribution < 1.29 is 17.6 Å². The summed E-state index contributed by atoms with van der Waals surface area (Å²) in [6.45, 7) is 0. The van der Waals surface area contributed by atoms with E-state index in [1.807, 2.05) is 12.2 Å². The monoisotopic (exact) mass is 333 g/mol. The van der Waals surface area contributed by atoms with Crippen LogP contribution in [0.25, 0.3) is 0 Å². The zero-order valence-electron chi connectivity index (χ0n) is 12.6. The van der Waals surface area contributed by atoms with Crippen LogP contribution >= 0.6 is 0 Å². The van der Waals surface area contributed by atoms with E-state index in [-0.39, 0.29) is 23.7 Å². The zero-order valence-corrected chi connectivity index (χ0v) is 12.6. The Morgan fingerprint density at radius 1 is 1.00 bits per heavy atom. The fourth-order valence-corrected chi connectivity index (χ4v) is 3.81. The van der Waals surface area contributed by atoms with Crippen LogP contribution in [-0.2, 0) is 6.18 Å². The largest absolute Gasteiger partial charge is 0.416 e. The summed E-state index contributed by atoms with van der Waals surface area (Å²) in [6, 6.07) is 10.0. The van der Waals surface area contributed by atoms with E-state index in [1.165, 1.54) is 18.2 Å². The first-order chi connectivity index (χ1) is 11.4. The molecule has 124 valence electrons. The molecule has 1 aliphatic heterocycles. The maximum absolute atomic E-state index is 14.2. The number of hydrogen-bond acceptors (Lipinski definition) is 1. The molecule has 2 aromatic rings. The van der Waals surface area contributed by atoms with Gasteiger partial charge in [-0.15, -0.1) is 0 Å². The highest BCUT2D eigenvalue weighted by molar-refractivity contribution is 5.61. The van der Waals surface area contributed by atoms with Gasteiger partial charge in [-0.1, -0.05) is 30.4 Å². The van der Waals surface area contributed by atoms with E-state index >= 15 is 0 Å². The molecule has 0 radical (unpaired) electrons. The fraction of sp³-hybridized carbons (Fsp3) is 0.263. The van der Waals surface area contributed by atoms with Crippen LogP contribution in [-0.4, -0.2) is 0 Å². The molecule has 0 saturated heterocycles. The first-order valence-corrected chi connectivity index (χ1v) is 7.84. The fourth-order valence-electron chi connectivity index (χ4n) is 3.81. The van der Waals surface area contributed by atoms with Gasteiger partial charge in [-0.3, -0.25) is 0 Å². The van der Waals surface area contributed by atoms with Crippen molar-refractivity contribution in [1.29, 1.82) is 0 Å². The summed E-state index contributed by atoms with van der Waals surface area (Å²) in [4.78, 5) is 0. The van der Waals surface area contributed by atoms with Gasteiger partial charge in [-0.2, -0.15) is 13.2 Å². The Morgan fingerprint density at radius 2 is 1.79 bits per heavy atom. The molecule has 3 atom stereocenters. The van der Waals surface area contributed by atoms with Crippen LogP contribution in [0.15, 0.2) is 54.6 Å². The number of fused-ring (bicyclic) bond motifs is 3. The summed E-state index contributed by atoms with van der Waals surface area (Å²) in [6.07, 6.45) is 0.264. The van der Waals surface area contributed by atoms with Crippen molar-refractivity contribution in [3.63, 3.8) is 0 Å². The Bertz CT molecular complexity index is 809. The average Bonchev–Trinajstić information content (AvgIpc) is 3.03. The predicted molar refractivity (Wildman–Crippen MR) is 84.2 cm³/mol. The summed E-state index contributed by atoms with van der Waals surface area (Å²) in [5.41, 5.74) is 1.19. The third kappa shape index (κ3) is 2.39. The van der Waals surface area contributed by atoms with E-state index in [9.17, 15) is 17.6 Å². The Morgan fingerprint density at radius 3 is 2.54 bits per heavy atom. The van der Waals surface area contributed by atoms with Crippen molar-refractivity contribution in [3.05, 3.63) is 77.1 Å². The molecule has 0 spiro atoms. The minimum Gasteiger partial charge on any atom is -0.378 e. The van der Waals surface area contributed by atoms with E-state index in [0.717, 1.165) is 6.07 Å².